The van der Waals surface area contributed by atoms with Crippen LogP contribution in [0.3, 0.4) is 0 Å². The second-order valence-electron chi connectivity index (χ2n) is 6.18. The molecule has 3 N–H and O–H groups in total. The molecule has 0 saturated heterocycles. The molecule has 0 unspecified atom stereocenters. The number of ether oxygens (including phenoxy) is 2. The summed E-state index contributed by atoms with van der Waals surface area (Å²) in [7, 11) is -3.88. The third kappa shape index (κ3) is 5.71. The van der Waals surface area contributed by atoms with Crippen LogP contribution in [0, 0.1) is 6.92 Å². The maximum atomic E-state index is 12.3. The summed E-state index contributed by atoms with van der Waals surface area (Å²) in [5.41, 5.74) is 1.73. The monoisotopic (exact) mass is 406 g/mol. The number of sulfonamides is 1. The first-order valence-electron chi connectivity index (χ1n) is 9.06. The summed E-state index contributed by atoms with van der Waals surface area (Å²) < 4.78 is 34.4. The molecule has 0 bridgehead atoms. The molecule has 28 heavy (non-hydrogen) atoms. The van der Waals surface area contributed by atoms with E-state index in [1.165, 1.54) is 6.07 Å². The number of primary sulfonamides is 1. The van der Waals surface area contributed by atoms with Crippen LogP contribution in [0.15, 0.2) is 41.3 Å². The molecule has 0 spiro atoms. The van der Waals surface area contributed by atoms with E-state index in [9.17, 15) is 13.2 Å². The predicted molar refractivity (Wildman–Crippen MR) is 107 cm³/mol. The highest BCUT2D eigenvalue weighted by atomic mass is 32.2. The van der Waals surface area contributed by atoms with Gasteiger partial charge in [0.2, 0.25) is 10.0 Å². The van der Waals surface area contributed by atoms with Crippen LogP contribution >= 0.6 is 0 Å². The summed E-state index contributed by atoms with van der Waals surface area (Å²) in [6, 6.07) is 10.1. The number of nitrogens with two attached hydrogens (primary N) is 1. The lowest BCUT2D eigenvalue weighted by molar-refractivity contribution is 0.0954. The highest BCUT2D eigenvalue weighted by Crippen LogP contribution is 2.28. The molecule has 0 radical (unpaired) electrons. The zero-order chi connectivity index (χ0) is 20.7. The van der Waals surface area contributed by atoms with E-state index in [-0.39, 0.29) is 16.4 Å². The Kier molecular flexibility index (Phi) is 7.42. The van der Waals surface area contributed by atoms with Crippen molar-refractivity contribution >= 4 is 15.9 Å². The number of carbonyl (C=O) groups is 1. The Bertz CT molecular complexity index is 942. The van der Waals surface area contributed by atoms with E-state index in [4.69, 9.17) is 14.6 Å². The Labute approximate surface area is 165 Å². The maximum Gasteiger partial charge on any atom is 0.251 e. The van der Waals surface area contributed by atoms with Gasteiger partial charge in [-0.2, -0.15) is 0 Å². The highest BCUT2D eigenvalue weighted by molar-refractivity contribution is 7.89. The number of rotatable bonds is 9. The normalized spacial score (nSPS) is 11.1. The number of carbonyl (C=O) groups excluding carboxylic acids is 1. The van der Waals surface area contributed by atoms with Crippen LogP contribution in [-0.2, 0) is 16.4 Å². The average Bonchev–Trinajstić information content (AvgIpc) is 2.63. The van der Waals surface area contributed by atoms with E-state index < -0.39 is 10.0 Å². The van der Waals surface area contributed by atoms with Gasteiger partial charge in [0.25, 0.3) is 5.91 Å². The molecule has 152 valence electrons. The van der Waals surface area contributed by atoms with E-state index in [1.807, 2.05) is 32.0 Å². The zero-order valence-electron chi connectivity index (χ0n) is 16.3. The van der Waals surface area contributed by atoms with E-state index in [0.717, 1.165) is 5.56 Å². The van der Waals surface area contributed by atoms with Crippen LogP contribution < -0.4 is 19.9 Å². The van der Waals surface area contributed by atoms with Crippen molar-refractivity contribution in [3.63, 3.8) is 0 Å². The summed E-state index contributed by atoms with van der Waals surface area (Å²) in [6.07, 6.45) is 0.589. The third-order valence-corrected chi connectivity index (χ3v) is 5.12. The highest BCUT2D eigenvalue weighted by Gasteiger charge is 2.15. The van der Waals surface area contributed by atoms with Crippen molar-refractivity contribution in [2.75, 3.05) is 19.8 Å². The fourth-order valence-corrected chi connectivity index (χ4v) is 3.53. The van der Waals surface area contributed by atoms with Crippen molar-refractivity contribution in [3.8, 4) is 11.5 Å². The molecule has 0 fully saturated rings. The molecule has 0 aliphatic heterocycles. The molecule has 2 aromatic rings. The smallest absolute Gasteiger partial charge is 0.251 e. The average molecular weight is 407 g/mol. The lowest BCUT2D eigenvalue weighted by Crippen LogP contribution is -2.26. The first-order chi connectivity index (χ1) is 13.3. The van der Waals surface area contributed by atoms with Crippen molar-refractivity contribution in [2.24, 2.45) is 5.14 Å². The molecular formula is C20H26N2O5S. The molecule has 0 aliphatic rings. The molecule has 1 amide bonds. The molecule has 0 atom stereocenters. The lowest BCUT2D eigenvalue weighted by Gasteiger charge is -2.13. The van der Waals surface area contributed by atoms with Gasteiger partial charge in [-0.05, 0) is 62.6 Å². The van der Waals surface area contributed by atoms with Crippen LogP contribution in [0.5, 0.6) is 11.5 Å². The van der Waals surface area contributed by atoms with Crippen LogP contribution in [0.2, 0.25) is 0 Å². The quantitative estimate of drug-likeness (QED) is 0.665. The topological polar surface area (TPSA) is 108 Å². The zero-order valence-corrected chi connectivity index (χ0v) is 17.1. The van der Waals surface area contributed by atoms with Gasteiger partial charge in [0.15, 0.2) is 11.5 Å². The van der Waals surface area contributed by atoms with Gasteiger partial charge >= 0.3 is 0 Å². The molecule has 2 aromatic carbocycles. The van der Waals surface area contributed by atoms with Gasteiger partial charge in [-0.15, -0.1) is 0 Å². The van der Waals surface area contributed by atoms with Crippen LogP contribution in [0.1, 0.15) is 35.3 Å². The van der Waals surface area contributed by atoms with E-state index >= 15 is 0 Å². The van der Waals surface area contributed by atoms with Crippen molar-refractivity contribution in [1.29, 1.82) is 0 Å². The minimum atomic E-state index is -3.88. The lowest BCUT2D eigenvalue weighted by atomic mass is 10.1. The fourth-order valence-electron chi connectivity index (χ4n) is 2.72. The minimum Gasteiger partial charge on any atom is -0.490 e. The fraction of sp³-hybridized carbons (Fsp3) is 0.350. The van der Waals surface area contributed by atoms with Gasteiger partial charge in [0.1, 0.15) is 0 Å². The number of aryl methyl sites for hydroxylation is 1. The largest absolute Gasteiger partial charge is 0.490 e. The van der Waals surface area contributed by atoms with E-state index in [2.05, 4.69) is 5.32 Å². The van der Waals surface area contributed by atoms with Crippen LogP contribution in [-0.4, -0.2) is 34.1 Å². The number of hydrogen-bond acceptors (Lipinski definition) is 5. The molecule has 2 rings (SSSR count). The Morgan fingerprint density at radius 3 is 2.36 bits per heavy atom. The predicted octanol–water partition coefficient (Wildman–Crippen LogP) is 2.41. The Morgan fingerprint density at radius 2 is 1.71 bits per heavy atom. The number of amides is 1. The van der Waals surface area contributed by atoms with Crippen molar-refractivity contribution in [2.45, 2.75) is 32.1 Å². The van der Waals surface area contributed by atoms with Gasteiger partial charge in [-0.1, -0.05) is 12.1 Å². The van der Waals surface area contributed by atoms with Gasteiger partial charge in [-0.3, -0.25) is 4.79 Å². The van der Waals surface area contributed by atoms with E-state index in [1.54, 1.807) is 19.1 Å². The maximum absolute atomic E-state index is 12.3. The number of hydrogen-bond donors (Lipinski definition) is 2. The Morgan fingerprint density at radius 1 is 1.04 bits per heavy atom. The molecule has 8 heteroatoms. The van der Waals surface area contributed by atoms with Crippen LogP contribution in [0.25, 0.3) is 0 Å². The second-order valence-corrected chi connectivity index (χ2v) is 7.71. The molecule has 0 aliphatic carbocycles. The minimum absolute atomic E-state index is 0.0481. The summed E-state index contributed by atoms with van der Waals surface area (Å²) in [6.45, 7) is 6.90. The van der Waals surface area contributed by atoms with Crippen molar-refractivity contribution < 1.29 is 22.7 Å². The summed E-state index contributed by atoms with van der Waals surface area (Å²) in [4.78, 5) is 12.3. The molecular weight excluding hydrogens is 380 g/mol. The summed E-state index contributed by atoms with van der Waals surface area (Å²) in [5, 5.41) is 7.98. The SMILES string of the molecule is CCOc1ccc(CCNC(=O)c2ccc(C)c(S(N)(=O)=O)c2)cc1OCC. The van der Waals surface area contributed by atoms with Gasteiger partial charge in [-0.25, -0.2) is 13.6 Å². The number of nitrogens with one attached hydrogen (secondary N) is 1. The van der Waals surface area contributed by atoms with Gasteiger partial charge in [0, 0.05) is 12.1 Å². The Hall–Kier alpha value is -2.58. The van der Waals surface area contributed by atoms with Gasteiger partial charge < -0.3 is 14.8 Å². The molecule has 0 heterocycles. The number of benzene rings is 2. The van der Waals surface area contributed by atoms with Crippen LogP contribution in [0.4, 0.5) is 0 Å². The van der Waals surface area contributed by atoms with Crippen molar-refractivity contribution in [1.82, 2.24) is 5.32 Å². The molecule has 0 saturated carbocycles. The second kappa shape index (κ2) is 9.57. The van der Waals surface area contributed by atoms with Gasteiger partial charge in [0.05, 0.1) is 18.1 Å². The molecule has 7 nitrogen and oxygen atoms in total. The third-order valence-electron chi connectivity index (χ3n) is 4.06. The first-order valence-corrected chi connectivity index (χ1v) is 10.6. The summed E-state index contributed by atoms with van der Waals surface area (Å²) in [5.74, 6) is 0.998. The Balaban J connectivity index is 2.03. The van der Waals surface area contributed by atoms with E-state index in [0.29, 0.717) is 43.2 Å². The molecule has 0 aromatic heterocycles. The standard InChI is InChI=1S/C20H26N2O5S/c1-4-26-17-9-7-15(12-18(17)27-5-2)10-11-22-20(23)16-8-6-14(3)19(13-16)28(21,24)25/h6-9,12-13H,4-5,10-11H2,1-3H3,(H,22,23)(H2,21,24,25). The first kappa shape index (κ1) is 21.7. The van der Waals surface area contributed by atoms with Crippen molar-refractivity contribution in [3.05, 3.63) is 53.1 Å². The summed E-state index contributed by atoms with van der Waals surface area (Å²) >= 11 is 0.